The van der Waals surface area contributed by atoms with Crippen LogP contribution in [0.5, 0.6) is 0 Å². The number of para-hydroxylation sites is 1. The Bertz CT molecular complexity index is 817. The number of carbonyl (C=O) groups is 1. The number of H-pyrrole nitrogens is 1. The molecule has 0 atom stereocenters. The Morgan fingerprint density at radius 3 is 2.59 bits per heavy atom. The summed E-state index contributed by atoms with van der Waals surface area (Å²) in [5, 5.41) is 4.26. The molecular weight excluding hydrogens is 272 g/mol. The number of fused-ring (bicyclic) bond motifs is 1. The van der Waals surface area contributed by atoms with E-state index < -0.39 is 0 Å². The molecular formula is C19H20N2O. The summed E-state index contributed by atoms with van der Waals surface area (Å²) in [4.78, 5) is 15.6. The number of benzene rings is 2. The van der Waals surface area contributed by atoms with Crippen molar-refractivity contribution in [3.8, 4) is 0 Å². The molecule has 0 radical (unpaired) electrons. The summed E-state index contributed by atoms with van der Waals surface area (Å²) in [5.41, 5.74) is 5.36. The number of amides is 1. The summed E-state index contributed by atoms with van der Waals surface area (Å²) in [6.45, 7) is 4.67. The first-order valence-electron chi connectivity index (χ1n) is 7.57. The van der Waals surface area contributed by atoms with Crippen LogP contribution in [0.4, 0.5) is 0 Å². The lowest BCUT2D eigenvalue weighted by molar-refractivity contribution is 0.0953. The normalized spacial score (nSPS) is 10.8. The predicted octanol–water partition coefficient (Wildman–Crippen LogP) is 3.76. The van der Waals surface area contributed by atoms with E-state index in [0.29, 0.717) is 6.54 Å². The number of hydrogen-bond acceptors (Lipinski definition) is 1. The molecule has 3 nitrogen and oxygen atoms in total. The zero-order chi connectivity index (χ0) is 15.5. The summed E-state index contributed by atoms with van der Waals surface area (Å²) in [5.74, 6) is -0.00408. The molecule has 2 N–H and O–H groups in total. The van der Waals surface area contributed by atoms with Crippen LogP contribution < -0.4 is 5.32 Å². The van der Waals surface area contributed by atoms with Gasteiger partial charge in [0.15, 0.2) is 0 Å². The van der Waals surface area contributed by atoms with E-state index in [-0.39, 0.29) is 5.91 Å². The molecule has 0 fully saturated rings. The van der Waals surface area contributed by atoms with Crippen molar-refractivity contribution < 1.29 is 4.79 Å². The highest BCUT2D eigenvalue weighted by Crippen LogP contribution is 2.21. The molecule has 0 bridgehead atoms. The van der Waals surface area contributed by atoms with Crippen LogP contribution in [-0.2, 0) is 6.42 Å². The zero-order valence-electron chi connectivity index (χ0n) is 12.9. The van der Waals surface area contributed by atoms with Gasteiger partial charge in [0.1, 0.15) is 0 Å². The van der Waals surface area contributed by atoms with E-state index in [1.165, 1.54) is 16.6 Å². The highest BCUT2D eigenvalue weighted by atomic mass is 16.1. The molecule has 0 unspecified atom stereocenters. The van der Waals surface area contributed by atoms with Crippen molar-refractivity contribution in [1.82, 2.24) is 10.3 Å². The summed E-state index contributed by atoms with van der Waals surface area (Å²) >= 11 is 0. The molecule has 1 aromatic heterocycles. The highest BCUT2D eigenvalue weighted by Gasteiger charge is 2.10. The van der Waals surface area contributed by atoms with Gasteiger partial charge in [-0.2, -0.15) is 0 Å². The molecule has 0 spiro atoms. The van der Waals surface area contributed by atoms with E-state index in [0.717, 1.165) is 23.1 Å². The van der Waals surface area contributed by atoms with Crippen molar-refractivity contribution in [2.75, 3.05) is 6.54 Å². The van der Waals surface area contributed by atoms with Gasteiger partial charge in [-0.3, -0.25) is 4.79 Å². The van der Waals surface area contributed by atoms with Crippen molar-refractivity contribution in [3.63, 3.8) is 0 Å². The van der Waals surface area contributed by atoms with Gasteiger partial charge >= 0.3 is 0 Å². The standard InChI is InChI=1S/C19H20N2O/c1-13-7-3-4-8-15(13)19(22)20-12-11-16-14(2)21-18-10-6-5-9-17(16)18/h3-10,21H,11-12H2,1-2H3,(H,20,22). The van der Waals surface area contributed by atoms with E-state index in [9.17, 15) is 4.79 Å². The van der Waals surface area contributed by atoms with Crippen LogP contribution in [-0.4, -0.2) is 17.4 Å². The number of rotatable bonds is 4. The lowest BCUT2D eigenvalue weighted by Crippen LogP contribution is -2.26. The van der Waals surface area contributed by atoms with Gasteiger partial charge in [0.05, 0.1) is 0 Å². The van der Waals surface area contributed by atoms with Crippen LogP contribution in [0.3, 0.4) is 0 Å². The predicted molar refractivity (Wildman–Crippen MR) is 90.3 cm³/mol. The van der Waals surface area contributed by atoms with Crippen LogP contribution in [0.15, 0.2) is 48.5 Å². The van der Waals surface area contributed by atoms with E-state index in [2.05, 4.69) is 29.4 Å². The second-order valence-corrected chi connectivity index (χ2v) is 5.59. The van der Waals surface area contributed by atoms with E-state index in [1.54, 1.807) is 0 Å². The van der Waals surface area contributed by atoms with E-state index in [4.69, 9.17) is 0 Å². The summed E-state index contributed by atoms with van der Waals surface area (Å²) < 4.78 is 0. The number of carbonyl (C=O) groups excluding carboxylic acids is 1. The van der Waals surface area contributed by atoms with E-state index in [1.807, 2.05) is 43.3 Å². The zero-order valence-corrected chi connectivity index (χ0v) is 12.9. The fraction of sp³-hybridized carbons (Fsp3) is 0.211. The van der Waals surface area contributed by atoms with Gasteiger partial charge in [0, 0.05) is 28.7 Å². The quantitative estimate of drug-likeness (QED) is 0.755. The maximum absolute atomic E-state index is 12.2. The van der Waals surface area contributed by atoms with E-state index >= 15 is 0 Å². The van der Waals surface area contributed by atoms with Gasteiger partial charge in [-0.1, -0.05) is 36.4 Å². The van der Waals surface area contributed by atoms with Crippen molar-refractivity contribution in [2.45, 2.75) is 20.3 Å². The molecule has 0 aliphatic heterocycles. The number of nitrogens with one attached hydrogen (secondary N) is 2. The highest BCUT2D eigenvalue weighted by molar-refractivity contribution is 5.95. The van der Waals surface area contributed by atoms with Crippen LogP contribution in [0.2, 0.25) is 0 Å². The topological polar surface area (TPSA) is 44.9 Å². The molecule has 0 aliphatic carbocycles. The average molecular weight is 292 g/mol. The van der Waals surface area contributed by atoms with Crippen molar-refractivity contribution in [3.05, 3.63) is 70.9 Å². The molecule has 0 aliphatic rings. The molecule has 112 valence electrons. The smallest absolute Gasteiger partial charge is 0.251 e. The Hall–Kier alpha value is -2.55. The molecule has 3 rings (SSSR count). The second-order valence-electron chi connectivity index (χ2n) is 5.59. The third-order valence-corrected chi connectivity index (χ3v) is 4.08. The van der Waals surface area contributed by atoms with Crippen molar-refractivity contribution in [1.29, 1.82) is 0 Å². The molecule has 2 aromatic carbocycles. The minimum atomic E-state index is -0.00408. The van der Waals surface area contributed by atoms with Crippen LogP contribution in [0, 0.1) is 13.8 Å². The van der Waals surface area contributed by atoms with Crippen molar-refractivity contribution >= 4 is 16.8 Å². The minimum absolute atomic E-state index is 0.00408. The Balaban J connectivity index is 1.69. The number of aromatic amines is 1. The molecule has 22 heavy (non-hydrogen) atoms. The first-order valence-corrected chi connectivity index (χ1v) is 7.57. The Labute approximate surface area is 130 Å². The third kappa shape index (κ3) is 2.75. The Kier molecular flexibility index (Phi) is 3.96. The SMILES string of the molecule is Cc1ccccc1C(=O)NCCc1c(C)[nH]c2ccccc12. The lowest BCUT2D eigenvalue weighted by atomic mass is 10.1. The lowest BCUT2D eigenvalue weighted by Gasteiger charge is -2.08. The first-order chi connectivity index (χ1) is 10.7. The van der Waals surface area contributed by atoms with Crippen LogP contribution in [0.1, 0.15) is 27.2 Å². The molecule has 1 heterocycles. The van der Waals surface area contributed by atoms with Gasteiger partial charge in [-0.15, -0.1) is 0 Å². The molecule has 0 saturated heterocycles. The fourth-order valence-corrected chi connectivity index (χ4v) is 2.88. The van der Waals surface area contributed by atoms with Gasteiger partial charge in [-0.25, -0.2) is 0 Å². The monoisotopic (exact) mass is 292 g/mol. The molecule has 3 heteroatoms. The second kappa shape index (κ2) is 6.06. The summed E-state index contributed by atoms with van der Waals surface area (Å²) in [7, 11) is 0. The van der Waals surface area contributed by atoms with Gasteiger partial charge in [-0.05, 0) is 43.5 Å². The largest absolute Gasteiger partial charge is 0.358 e. The van der Waals surface area contributed by atoms with Gasteiger partial charge in [0.2, 0.25) is 0 Å². The maximum atomic E-state index is 12.2. The molecule has 1 amide bonds. The van der Waals surface area contributed by atoms with Gasteiger partial charge < -0.3 is 10.3 Å². The number of aryl methyl sites for hydroxylation is 2. The number of aromatic nitrogens is 1. The average Bonchev–Trinajstić information content (AvgIpc) is 2.83. The summed E-state index contributed by atoms with van der Waals surface area (Å²) in [6.07, 6.45) is 0.827. The fourth-order valence-electron chi connectivity index (χ4n) is 2.88. The molecule has 3 aromatic rings. The van der Waals surface area contributed by atoms with Crippen LogP contribution >= 0.6 is 0 Å². The first kappa shape index (κ1) is 14.4. The molecule has 0 saturated carbocycles. The van der Waals surface area contributed by atoms with Gasteiger partial charge in [0.25, 0.3) is 5.91 Å². The Morgan fingerprint density at radius 2 is 1.77 bits per heavy atom. The summed E-state index contributed by atoms with van der Waals surface area (Å²) in [6, 6.07) is 15.9. The minimum Gasteiger partial charge on any atom is -0.358 e. The van der Waals surface area contributed by atoms with Crippen molar-refractivity contribution in [2.24, 2.45) is 0 Å². The maximum Gasteiger partial charge on any atom is 0.251 e. The Morgan fingerprint density at radius 1 is 1.05 bits per heavy atom. The number of hydrogen-bond donors (Lipinski definition) is 2. The third-order valence-electron chi connectivity index (χ3n) is 4.08. The van der Waals surface area contributed by atoms with Crippen LogP contribution in [0.25, 0.3) is 10.9 Å².